The Kier molecular flexibility index (Phi) is 3.60. The van der Waals surface area contributed by atoms with Crippen LogP contribution < -0.4 is 0 Å². The fourth-order valence-electron chi connectivity index (χ4n) is 3.76. The van der Waals surface area contributed by atoms with Gasteiger partial charge in [-0.1, -0.05) is 12.8 Å². The van der Waals surface area contributed by atoms with Crippen LogP contribution in [-0.2, 0) is 6.54 Å². The number of carbonyl (C=O) groups is 1. The number of rotatable bonds is 3. The third-order valence-electron chi connectivity index (χ3n) is 4.68. The number of hydrogen-bond acceptors (Lipinski definition) is 3. The van der Waals surface area contributed by atoms with Gasteiger partial charge in [-0.25, -0.2) is 4.79 Å². The molecule has 0 bridgehead atoms. The predicted octanol–water partition coefficient (Wildman–Crippen LogP) is 3.13. The number of piperidine rings is 1. The lowest BCUT2D eigenvalue weighted by Crippen LogP contribution is -2.46. The fraction of sp³-hybridized carbons (Fsp3) is 0.667. The highest BCUT2D eigenvalue weighted by Gasteiger charge is 2.34. The molecule has 2 fully saturated rings. The molecule has 0 radical (unpaired) electrons. The molecule has 4 nitrogen and oxygen atoms in total. The van der Waals surface area contributed by atoms with Crippen LogP contribution in [0.2, 0.25) is 0 Å². The summed E-state index contributed by atoms with van der Waals surface area (Å²) in [7, 11) is 0. The summed E-state index contributed by atoms with van der Waals surface area (Å²) in [5, 5.41) is 9.14. The SMILES string of the molecule is O=C(O)c1ccoc1CN1CCCC2CCCCC21. The molecule has 1 aromatic rings. The van der Waals surface area contributed by atoms with Crippen molar-refractivity contribution in [1.29, 1.82) is 0 Å². The van der Waals surface area contributed by atoms with E-state index in [-0.39, 0.29) is 0 Å². The van der Waals surface area contributed by atoms with E-state index < -0.39 is 5.97 Å². The Hall–Kier alpha value is -1.29. The van der Waals surface area contributed by atoms with Crippen molar-refractivity contribution in [2.24, 2.45) is 5.92 Å². The van der Waals surface area contributed by atoms with E-state index in [0.29, 0.717) is 23.9 Å². The first kappa shape index (κ1) is 12.7. The Morgan fingerprint density at radius 2 is 2.11 bits per heavy atom. The zero-order valence-electron chi connectivity index (χ0n) is 11.2. The number of carboxylic acid groups (broad SMARTS) is 1. The summed E-state index contributed by atoms with van der Waals surface area (Å²) in [6.45, 7) is 1.72. The molecule has 2 atom stereocenters. The first-order valence-corrected chi connectivity index (χ1v) is 7.29. The van der Waals surface area contributed by atoms with E-state index in [1.165, 1.54) is 44.8 Å². The van der Waals surface area contributed by atoms with Crippen LogP contribution >= 0.6 is 0 Å². The Labute approximate surface area is 113 Å². The largest absolute Gasteiger partial charge is 0.478 e. The van der Waals surface area contributed by atoms with E-state index in [1.54, 1.807) is 6.07 Å². The van der Waals surface area contributed by atoms with Crippen LogP contribution in [0.1, 0.15) is 54.6 Å². The zero-order valence-corrected chi connectivity index (χ0v) is 11.2. The van der Waals surface area contributed by atoms with Gasteiger partial charge in [0.2, 0.25) is 0 Å². The average Bonchev–Trinajstić information content (AvgIpc) is 2.87. The molecule has 0 aromatic carbocycles. The van der Waals surface area contributed by atoms with E-state index in [2.05, 4.69) is 4.90 Å². The van der Waals surface area contributed by atoms with E-state index in [4.69, 9.17) is 9.52 Å². The van der Waals surface area contributed by atoms with Crippen LogP contribution in [0.15, 0.2) is 16.7 Å². The van der Waals surface area contributed by atoms with Crippen molar-refractivity contribution in [2.45, 2.75) is 51.1 Å². The smallest absolute Gasteiger partial charge is 0.339 e. The Balaban J connectivity index is 1.74. The molecule has 1 aliphatic carbocycles. The van der Waals surface area contributed by atoms with E-state index >= 15 is 0 Å². The number of aromatic carboxylic acids is 1. The maximum absolute atomic E-state index is 11.1. The minimum absolute atomic E-state index is 0.318. The molecule has 104 valence electrons. The Bertz CT molecular complexity index is 452. The minimum atomic E-state index is -0.888. The van der Waals surface area contributed by atoms with Gasteiger partial charge in [0.05, 0.1) is 12.8 Å². The minimum Gasteiger partial charge on any atom is -0.478 e. The highest BCUT2D eigenvalue weighted by Crippen LogP contribution is 2.36. The highest BCUT2D eigenvalue weighted by molar-refractivity contribution is 5.88. The molecule has 1 N–H and O–H groups in total. The maximum atomic E-state index is 11.1. The van der Waals surface area contributed by atoms with Crippen molar-refractivity contribution in [3.05, 3.63) is 23.7 Å². The lowest BCUT2D eigenvalue weighted by molar-refractivity contribution is 0.0483. The summed E-state index contributed by atoms with van der Waals surface area (Å²) in [5.74, 6) is 0.533. The van der Waals surface area contributed by atoms with Crippen molar-refractivity contribution >= 4 is 5.97 Å². The third kappa shape index (κ3) is 2.54. The molecule has 1 aliphatic heterocycles. The number of furan rings is 1. The van der Waals surface area contributed by atoms with Gasteiger partial charge in [0, 0.05) is 6.04 Å². The van der Waals surface area contributed by atoms with Crippen molar-refractivity contribution < 1.29 is 14.3 Å². The van der Waals surface area contributed by atoms with E-state index in [0.717, 1.165) is 12.5 Å². The number of nitrogens with zero attached hydrogens (tertiary/aromatic N) is 1. The summed E-state index contributed by atoms with van der Waals surface area (Å²) in [6.07, 6.45) is 9.31. The summed E-state index contributed by atoms with van der Waals surface area (Å²) in [4.78, 5) is 13.6. The van der Waals surface area contributed by atoms with Crippen LogP contribution in [0, 0.1) is 5.92 Å². The number of fused-ring (bicyclic) bond motifs is 1. The number of likely N-dealkylation sites (tertiary alicyclic amines) is 1. The monoisotopic (exact) mass is 263 g/mol. The first-order valence-electron chi connectivity index (χ1n) is 7.29. The van der Waals surface area contributed by atoms with Crippen molar-refractivity contribution in [3.63, 3.8) is 0 Å². The van der Waals surface area contributed by atoms with Gasteiger partial charge in [-0.15, -0.1) is 0 Å². The van der Waals surface area contributed by atoms with Gasteiger partial charge in [0.25, 0.3) is 0 Å². The molecule has 2 heterocycles. The average molecular weight is 263 g/mol. The van der Waals surface area contributed by atoms with Gasteiger partial charge >= 0.3 is 5.97 Å². The van der Waals surface area contributed by atoms with E-state index in [1.807, 2.05) is 0 Å². The predicted molar refractivity (Wildman–Crippen MR) is 71.1 cm³/mol. The summed E-state index contributed by atoms with van der Waals surface area (Å²) < 4.78 is 5.39. The summed E-state index contributed by atoms with van der Waals surface area (Å²) in [5.41, 5.74) is 0.318. The first-order chi connectivity index (χ1) is 9.25. The van der Waals surface area contributed by atoms with Gasteiger partial charge < -0.3 is 9.52 Å². The number of hydrogen-bond donors (Lipinski definition) is 1. The van der Waals surface area contributed by atoms with Crippen LogP contribution in [-0.4, -0.2) is 28.6 Å². The molecule has 1 aromatic heterocycles. The maximum Gasteiger partial charge on any atom is 0.339 e. The molecule has 0 amide bonds. The summed E-state index contributed by atoms with van der Waals surface area (Å²) >= 11 is 0. The molecule has 3 rings (SSSR count). The standard InChI is InChI=1S/C15H21NO3/c17-15(18)12-7-9-19-14(12)10-16-8-3-5-11-4-1-2-6-13(11)16/h7,9,11,13H,1-6,8,10H2,(H,17,18). The van der Waals surface area contributed by atoms with Crippen LogP contribution in [0.25, 0.3) is 0 Å². The van der Waals surface area contributed by atoms with E-state index in [9.17, 15) is 4.79 Å². The molecular formula is C15H21NO3. The molecule has 19 heavy (non-hydrogen) atoms. The lowest BCUT2D eigenvalue weighted by atomic mass is 9.78. The molecule has 0 spiro atoms. The van der Waals surface area contributed by atoms with Crippen molar-refractivity contribution in [1.82, 2.24) is 4.90 Å². The normalized spacial score (nSPS) is 28.0. The Morgan fingerprint density at radius 1 is 1.32 bits per heavy atom. The zero-order chi connectivity index (χ0) is 13.2. The third-order valence-corrected chi connectivity index (χ3v) is 4.68. The van der Waals surface area contributed by atoms with Gasteiger partial charge in [-0.05, 0) is 44.2 Å². The topological polar surface area (TPSA) is 53.7 Å². The molecule has 1 saturated carbocycles. The lowest BCUT2D eigenvalue weighted by Gasteiger charge is -2.43. The van der Waals surface area contributed by atoms with Crippen molar-refractivity contribution in [3.8, 4) is 0 Å². The quantitative estimate of drug-likeness (QED) is 0.910. The molecule has 2 aliphatic rings. The van der Waals surface area contributed by atoms with Crippen molar-refractivity contribution in [2.75, 3.05) is 6.54 Å². The fourth-order valence-corrected chi connectivity index (χ4v) is 3.76. The molecule has 1 saturated heterocycles. The van der Waals surface area contributed by atoms with Gasteiger partial charge in [0.1, 0.15) is 11.3 Å². The number of carboxylic acids is 1. The van der Waals surface area contributed by atoms with Gasteiger partial charge in [-0.2, -0.15) is 0 Å². The second kappa shape index (κ2) is 5.37. The van der Waals surface area contributed by atoms with Crippen LogP contribution in [0.4, 0.5) is 0 Å². The van der Waals surface area contributed by atoms with Gasteiger partial charge in [0.15, 0.2) is 0 Å². The second-order valence-corrected chi connectivity index (χ2v) is 5.79. The Morgan fingerprint density at radius 3 is 2.95 bits per heavy atom. The highest BCUT2D eigenvalue weighted by atomic mass is 16.4. The molecule has 2 unspecified atom stereocenters. The van der Waals surface area contributed by atoms with Gasteiger partial charge in [-0.3, -0.25) is 4.90 Å². The summed E-state index contributed by atoms with van der Waals surface area (Å²) in [6, 6.07) is 2.19. The van der Waals surface area contributed by atoms with Crippen LogP contribution in [0.3, 0.4) is 0 Å². The van der Waals surface area contributed by atoms with Crippen LogP contribution in [0.5, 0.6) is 0 Å². The molecule has 4 heteroatoms. The second-order valence-electron chi connectivity index (χ2n) is 5.79. The molecular weight excluding hydrogens is 242 g/mol.